The van der Waals surface area contributed by atoms with Crippen LogP contribution in [-0.2, 0) is 19.1 Å². The SMILES string of the molecule is CC(O)CO.CCCCCCCCCCCC(=O)OCC(C)O.CCCCCCCCCCCCCC(=O)OC(C)C. The molecule has 0 saturated carbocycles. The van der Waals surface area contributed by atoms with Crippen molar-refractivity contribution >= 4 is 11.9 Å². The number of hydrogen-bond acceptors (Lipinski definition) is 7. The minimum absolute atomic E-state index is 0.0280. The summed E-state index contributed by atoms with van der Waals surface area (Å²) in [5.41, 5.74) is 0. The van der Waals surface area contributed by atoms with Gasteiger partial charge in [-0.2, -0.15) is 0 Å². The molecule has 2 unspecified atom stereocenters. The lowest BCUT2D eigenvalue weighted by molar-refractivity contribution is -0.148. The Hall–Kier alpha value is -1.18. The zero-order valence-electron chi connectivity index (χ0n) is 28.7. The van der Waals surface area contributed by atoms with Gasteiger partial charge in [0.25, 0.3) is 0 Å². The average molecular weight is 605 g/mol. The molecule has 0 saturated heterocycles. The standard InChI is InChI=1S/C17H34O2.C15H30O3.C3H8O2/c1-4-5-6-7-8-9-10-11-12-13-14-15-17(18)19-16(2)3;1-3-4-5-6-7-8-9-10-11-12-15(17)18-13-14(2)16;1-3(5)2-4/h16H,4-15H2,1-3H3;14,16H,3-13H2,1-2H3;3-5H,2H2,1H3. The summed E-state index contributed by atoms with van der Waals surface area (Å²) in [6, 6.07) is 0. The van der Waals surface area contributed by atoms with E-state index in [2.05, 4.69) is 13.8 Å². The summed E-state index contributed by atoms with van der Waals surface area (Å²) in [5.74, 6) is -0.218. The number of carbonyl (C=O) groups is 2. The van der Waals surface area contributed by atoms with Crippen molar-refractivity contribution in [1.82, 2.24) is 0 Å². The minimum Gasteiger partial charge on any atom is -0.463 e. The third-order valence-electron chi connectivity index (χ3n) is 6.59. The van der Waals surface area contributed by atoms with Crippen molar-refractivity contribution in [2.24, 2.45) is 0 Å². The van der Waals surface area contributed by atoms with Crippen molar-refractivity contribution < 1.29 is 34.4 Å². The molecule has 254 valence electrons. The fourth-order valence-corrected chi connectivity index (χ4v) is 4.12. The normalized spacial score (nSPS) is 12.0. The Kier molecular flexibility index (Phi) is 40.8. The summed E-state index contributed by atoms with van der Waals surface area (Å²) in [6.45, 7) is 11.4. The first-order valence-corrected chi connectivity index (χ1v) is 17.4. The van der Waals surface area contributed by atoms with Crippen molar-refractivity contribution in [3.8, 4) is 0 Å². The van der Waals surface area contributed by atoms with Gasteiger partial charge in [0.1, 0.15) is 6.61 Å². The highest BCUT2D eigenvalue weighted by molar-refractivity contribution is 5.69. The van der Waals surface area contributed by atoms with Gasteiger partial charge in [0.2, 0.25) is 0 Å². The van der Waals surface area contributed by atoms with Crippen LogP contribution in [0.25, 0.3) is 0 Å². The van der Waals surface area contributed by atoms with Crippen LogP contribution in [0.4, 0.5) is 0 Å². The Balaban J connectivity index is -0.000000624. The van der Waals surface area contributed by atoms with E-state index in [9.17, 15) is 9.59 Å². The number of rotatable bonds is 26. The number of esters is 2. The van der Waals surface area contributed by atoms with E-state index in [0.717, 1.165) is 19.3 Å². The number of carbonyl (C=O) groups excluding carboxylic acids is 2. The molecule has 0 aromatic heterocycles. The van der Waals surface area contributed by atoms with E-state index in [1.54, 1.807) is 6.92 Å². The van der Waals surface area contributed by atoms with Crippen LogP contribution in [0.1, 0.15) is 183 Å². The first-order chi connectivity index (χ1) is 20.1. The molecule has 0 aliphatic carbocycles. The smallest absolute Gasteiger partial charge is 0.306 e. The molecule has 2 atom stereocenters. The maximum Gasteiger partial charge on any atom is 0.306 e. The van der Waals surface area contributed by atoms with Crippen LogP contribution < -0.4 is 0 Å². The van der Waals surface area contributed by atoms with E-state index in [-0.39, 0.29) is 31.3 Å². The molecule has 0 rings (SSSR count). The van der Waals surface area contributed by atoms with Crippen molar-refractivity contribution in [1.29, 1.82) is 0 Å². The largest absolute Gasteiger partial charge is 0.463 e. The van der Waals surface area contributed by atoms with E-state index in [4.69, 9.17) is 24.8 Å². The first kappa shape index (κ1) is 45.3. The van der Waals surface area contributed by atoms with Gasteiger partial charge >= 0.3 is 11.9 Å². The van der Waals surface area contributed by atoms with Crippen LogP contribution in [0.2, 0.25) is 0 Å². The Morgan fingerprint density at radius 3 is 1.12 bits per heavy atom. The van der Waals surface area contributed by atoms with Crippen molar-refractivity contribution in [2.45, 2.75) is 201 Å². The van der Waals surface area contributed by atoms with Crippen molar-refractivity contribution in [2.75, 3.05) is 13.2 Å². The average Bonchev–Trinajstić information content (AvgIpc) is 2.94. The molecule has 0 spiro atoms. The lowest BCUT2D eigenvalue weighted by Crippen LogP contribution is -2.14. The molecule has 0 aromatic carbocycles. The summed E-state index contributed by atoms with van der Waals surface area (Å²) < 4.78 is 9.99. The summed E-state index contributed by atoms with van der Waals surface area (Å²) in [4.78, 5) is 22.5. The molecule has 7 nitrogen and oxygen atoms in total. The number of aliphatic hydroxyl groups excluding tert-OH is 3. The lowest BCUT2D eigenvalue weighted by atomic mass is 10.1. The highest BCUT2D eigenvalue weighted by Gasteiger charge is 2.05. The van der Waals surface area contributed by atoms with Crippen LogP contribution in [0, 0.1) is 0 Å². The van der Waals surface area contributed by atoms with Crippen LogP contribution in [-0.4, -0.2) is 58.8 Å². The quantitative estimate of drug-likeness (QED) is 0.0667. The zero-order chi connectivity index (χ0) is 32.3. The van der Waals surface area contributed by atoms with Gasteiger partial charge in [-0.05, 0) is 40.5 Å². The molecule has 42 heavy (non-hydrogen) atoms. The van der Waals surface area contributed by atoms with Crippen LogP contribution in [0.15, 0.2) is 0 Å². The number of unbranched alkanes of at least 4 members (excludes halogenated alkanes) is 18. The van der Waals surface area contributed by atoms with Gasteiger partial charge < -0.3 is 24.8 Å². The van der Waals surface area contributed by atoms with E-state index in [1.165, 1.54) is 116 Å². The summed E-state index contributed by atoms with van der Waals surface area (Å²) in [5, 5.41) is 25.0. The molecule has 0 amide bonds. The lowest BCUT2D eigenvalue weighted by Gasteiger charge is -2.07. The van der Waals surface area contributed by atoms with Gasteiger partial charge in [0.15, 0.2) is 0 Å². The molecule has 0 aromatic rings. The maximum atomic E-state index is 11.3. The summed E-state index contributed by atoms with van der Waals surface area (Å²) in [6.07, 6.45) is 25.7. The fraction of sp³-hybridized carbons (Fsp3) is 0.943. The maximum absolute atomic E-state index is 11.3. The molecule has 0 heterocycles. The monoisotopic (exact) mass is 605 g/mol. The molecule has 0 radical (unpaired) electrons. The van der Waals surface area contributed by atoms with Gasteiger partial charge in [0.05, 0.1) is 24.9 Å². The highest BCUT2D eigenvalue weighted by Crippen LogP contribution is 2.13. The number of hydrogen-bond donors (Lipinski definition) is 3. The van der Waals surface area contributed by atoms with Crippen LogP contribution >= 0.6 is 0 Å². The van der Waals surface area contributed by atoms with Crippen molar-refractivity contribution in [3.05, 3.63) is 0 Å². The Bertz CT molecular complexity index is 535. The second-order valence-electron chi connectivity index (χ2n) is 12.0. The molecular formula is C35H72O7. The van der Waals surface area contributed by atoms with Gasteiger partial charge in [-0.1, -0.05) is 129 Å². The third-order valence-corrected chi connectivity index (χ3v) is 6.59. The van der Waals surface area contributed by atoms with E-state index < -0.39 is 12.2 Å². The molecule has 0 fully saturated rings. The van der Waals surface area contributed by atoms with Gasteiger partial charge in [0, 0.05) is 12.8 Å². The number of ether oxygens (including phenoxy) is 2. The highest BCUT2D eigenvalue weighted by atomic mass is 16.5. The summed E-state index contributed by atoms with van der Waals surface area (Å²) in [7, 11) is 0. The Morgan fingerprint density at radius 2 is 0.833 bits per heavy atom. The van der Waals surface area contributed by atoms with Gasteiger partial charge in [-0.3, -0.25) is 9.59 Å². The first-order valence-electron chi connectivity index (χ1n) is 17.4. The molecule has 0 aliphatic rings. The molecule has 3 N–H and O–H groups in total. The molecule has 0 bridgehead atoms. The third kappa shape index (κ3) is 48.5. The zero-order valence-corrected chi connectivity index (χ0v) is 28.7. The molecule has 7 heteroatoms. The van der Waals surface area contributed by atoms with E-state index in [1.807, 2.05) is 13.8 Å². The Labute approximate surface area is 260 Å². The van der Waals surface area contributed by atoms with E-state index >= 15 is 0 Å². The minimum atomic E-state index is -0.560. The predicted octanol–water partition coefficient (Wildman–Crippen LogP) is 8.83. The van der Waals surface area contributed by atoms with Gasteiger partial charge in [-0.25, -0.2) is 0 Å². The fourth-order valence-electron chi connectivity index (χ4n) is 4.12. The summed E-state index contributed by atoms with van der Waals surface area (Å²) >= 11 is 0. The molecular weight excluding hydrogens is 532 g/mol. The van der Waals surface area contributed by atoms with Crippen LogP contribution in [0.5, 0.6) is 0 Å². The van der Waals surface area contributed by atoms with Crippen molar-refractivity contribution in [3.63, 3.8) is 0 Å². The van der Waals surface area contributed by atoms with E-state index in [0.29, 0.717) is 12.8 Å². The molecule has 0 aliphatic heterocycles. The second-order valence-corrected chi connectivity index (χ2v) is 12.0. The second kappa shape index (κ2) is 37.8. The predicted molar refractivity (Wildman–Crippen MR) is 176 cm³/mol. The topological polar surface area (TPSA) is 113 Å². The van der Waals surface area contributed by atoms with Gasteiger partial charge in [-0.15, -0.1) is 0 Å². The van der Waals surface area contributed by atoms with Crippen LogP contribution in [0.3, 0.4) is 0 Å². The number of aliphatic hydroxyl groups is 3. The Morgan fingerprint density at radius 1 is 0.524 bits per heavy atom.